The predicted octanol–water partition coefficient (Wildman–Crippen LogP) is 4.40. The molecule has 1 aromatic carbocycles. The van der Waals surface area contributed by atoms with Crippen molar-refractivity contribution in [3.8, 4) is 0 Å². The van der Waals surface area contributed by atoms with Crippen LogP contribution < -0.4 is 0 Å². The maximum Gasteiger partial charge on any atom is 0.219 e. The van der Waals surface area contributed by atoms with E-state index in [1.807, 2.05) is 0 Å². The molecule has 1 heterocycles. The summed E-state index contributed by atoms with van der Waals surface area (Å²) in [6.07, 6.45) is 6.40. The Morgan fingerprint density at radius 2 is 1.88 bits per heavy atom. The summed E-state index contributed by atoms with van der Waals surface area (Å²) in [5, 5.41) is 1.47. The molecule has 0 fully saturated rings. The van der Waals surface area contributed by atoms with Crippen molar-refractivity contribution < 1.29 is 4.43 Å². The van der Waals surface area contributed by atoms with Crippen LogP contribution in [0.15, 0.2) is 36.4 Å². The van der Waals surface area contributed by atoms with Gasteiger partial charge in [-0.3, -0.25) is 0 Å². The number of hydrogen-bond acceptors (Lipinski definition) is 1. The van der Waals surface area contributed by atoms with Crippen LogP contribution in [0, 0.1) is 0 Å². The van der Waals surface area contributed by atoms with Crippen LogP contribution in [0.5, 0.6) is 0 Å². The maximum atomic E-state index is 6.26. The lowest BCUT2D eigenvalue weighted by Gasteiger charge is -2.21. The van der Waals surface area contributed by atoms with Crippen molar-refractivity contribution in [3.05, 3.63) is 42.0 Å². The molecular weight excluding hydrogens is 224 g/mol. The molecule has 1 aliphatic heterocycles. The summed E-state index contributed by atoms with van der Waals surface area (Å²) < 4.78 is 6.26. The maximum absolute atomic E-state index is 6.26. The third kappa shape index (κ3) is 2.88. The Balaban J connectivity index is 2.19. The molecule has 1 aromatic rings. The van der Waals surface area contributed by atoms with Crippen LogP contribution >= 0.6 is 0 Å². The van der Waals surface area contributed by atoms with Gasteiger partial charge in [-0.1, -0.05) is 56.2 Å². The second kappa shape index (κ2) is 5.19. The average molecular weight is 246 g/mol. The molecule has 0 aliphatic carbocycles. The van der Waals surface area contributed by atoms with E-state index < -0.39 is 8.32 Å². The van der Waals surface area contributed by atoms with E-state index in [0.717, 1.165) is 0 Å². The second-order valence-electron chi connectivity index (χ2n) is 5.26. The third-order valence-electron chi connectivity index (χ3n) is 3.37. The quantitative estimate of drug-likeness (QED) is 0.715. The Morgan fingerprint density at radius 3 is 2.53 bits per heavy atom. The molecule has 0 radical (unpaired) electrons. The van der Waals surface area contributed by atoms with Gasteiger partial charge in [0.15, 0.2) is 0 Å². The van der Waals surface area contributed by atoms with Gasteiger partial charge in [-0.2, -0.15) is 0 Å². The van der Waals surface area contributed by atoms with Crippen LogP contribution in [-0.4, -0.2) is 14.4 Å². The Morgan fingerprint density at radius 1 is 1.18 bits per heavy atom. The van der Waals surface area contributed by atoms with Gasteiger partial charge >= 0.3 is 0 Å². The molecule has 0 amide bonds. The Kier molecular flexibility index (Phi) is 3.85. The van der Waals surface area contributed by atoms with Crippen molar-refractivity contribution in [2.45, 2.75) is 45.4 Å². The topological polar surface area (TPSA) is 9.23 Å². The van der Waals surface area contributed by atoms with Crippen molar-refractivity contribution in [1.29, 1.82) is 0 Å². The zero-order chi connectivity index (χ0) is 12.3. The summed E-state index contributed by atoms with van der Waals surface area (Å²) in [6, 6.07) is 10.7. The number of rotatable bonds is 4. The number of hydrogen-bond donors (Lipinski definition) is 0. The minimum absolute atomic E-state index is 0.354. The highest BCUT2D eigenvalue weighted by Gasteiger charge is 2.37. The van der Waals surface area contributed by atoms with E-state index in [2.05, 4.69) is 56.4 Å². The molecule has 92 valence electrons. The van der Waals surface area contributed by atoms with Gasteiger partial charge in [0.05, 0.1) is 6.10 Å². The zero-order valence-corrected chi connectivity index (χ0v) is 12.1. The first kappa shape index (κ1) is 12.6. The van der Waals surface area contributed by atoms with Gasteiger partial charge in [-0.15, -0.1) is 0 Å². The monoisotopic (exact) mass is 246 g/mol. The molecule has 1 nitrogen and oxygen atoms in total. The van der Waals surface area contributed by atoms with E-state index >= 15 is 0 Å². The largest absolute Gasteiger partial charge is 0.407 e. The molecule has 2 heteroatoms. The first-order valence-electron chi connectivity index (χ1n) is 6.59. The van der Waals surface area contributed by atoms with Crippen molar-refractivity contribution >= 4 is 13.5 Å². The fraction of sp³-hybridized carbons (Fsp3) is 0.467. The number of benzene rings is 1. The first-order chi connectivity index (χ1) is 8.13. The van der Waals surface area contributed by atoms with Gasteiger partial charge in [0.2, 0.25) is 8.32 Å². The Bertz CT molecular complexity index is 395. The van der Waals surface area contributed by atoms with E-state index in [1.165, 1.54) is 30.0 Å². The minimum Gasteiger partial charge on any atom is -0.407 e. The summed E-state index contributed by atoms with van der Waals surface area (Å²) in [5.41, 5.74) is 1.35. The SMILES string of the molecule is CCCC[C@@H]1C=C(c2ccccc2)[Si](C)(C)O1. The lowest BCUT2D eigenvalue weighted by molar-refractivity contribution is 0.242. The van der Waals surface area contributed by atoms with Gasteiger partial charge < -0.3 is 4.43 Å². The first-order valence-corrected chi connectivity index (χ1v) is 9.50. The van der Waals surface area contributed by atoms with Crippen LogP contribution in [-0.2, 0) is 4.43 Å². The Labute approximate surface area is 106 Å². The summed E-state index contributed by atoms with van der Waals surface area (Å²) in [6.45, 7) is 6.84. The Hall–Kier alpha value is -0.863. The molecule has 0 aromatic heterocycles. The normalized spacial score (nSPS) is 22.5. The highest BCUT2D eigenvalue weighted by Crippen LogP contribution is 2.35. The standard InChI is InChI=1S/C15H22OSi/c1-4-5-11-14-12-15(17(2,3)16-14)13-9-7-6-8-10-13/h6-10,12,14H,4-5,11H2,1-3H3/t14-/m1/s1. The lowest BCUT2D eigenvalue weighted by Crippen LogP contribution is -2.30. The third-order valence-corrected chi connectivity index (χ3v) is 6.02. The fourth-order valence-corrected chi connectivity index (χ4v) is 4.99. The van der Waals surface area contributed by atoms with E-state index in [0.29, 0.717) is 6.10 Å². The molecule has 0 saturated carbocycles. The highest BCUT2D eigenvalue weighted by atomic mass is 28.4. The molecule has 17 heavy (non-hydrogen) atoms. The van der Waals surface area contributed by atoms with Crippen molar-refractivity contribution in [2.24, 2.45) is 0 Å². The van der Waals surface area contributed by atoms with E-state index in [9.17, 15) is 0 Å². The van der Waals surface area contributed by atoms with E-state index in [4.69, 9.17) is 4.43 Å². The lowest BCUT2D eigenvalue weighted by atomic mass is 10.1. The van der Waals surface area contributed by atoms with Crippen molar-refractivity contribution in [3.63, 3.8) is 0 Å². The molecule has 0 spiro atoms. The molecule has 0 N–H and O–H groups in total. The van der Waals surface area contributed by atoms with Gasteiger partial charge in [0, 0.05) is 0 Å². The highest BCUT2D eigenvalue weighted by molar-refractivity contribution is 6.90. The summed E-state index contributed by atoms with van der Waals surface area (Å²) in [4.78, 5) is 0. The molecular formula is C15H22OSi. The van der Waals surface area contributed by atoms with Gasteiger partial charge in [0.25, 0.3) is 0 Å². The zero-order valence-electron chi connectivity index (χ0n) is 11.1. The van der Waals surface area contributed by atoms with Gasteiger partial charge in [0.1, 0.15) is 0 Å². The molecule has 0 saturated heterocycles. The molecule has 0 bridgehead atoms. The van der Waals surface area contributed by atoms with Gasteiger partial charge in [-0.25, -0.2) is 0 Å². The van der Waals surface area contributed by atoms with Crippen LogP contribution in [0.2, 0.25) is 13.1 Å². The van der Waals surface area contributed by atoms with Crippen LogP contribution in [0.4, 0.5) is 0 Å². The van der Waals surface area contributed by atoms with E-state index in [1.54, 1.807) is 0 Å². The predicted molar refractivity (Wildman–Crippen MR) is 76.3 cm³/mol. The van der Waals surface area contributed by atoms with Crippen LogP contribution in [0.1, 0.15) is 31.7 Å². The van der Waals surface area contributed by atoms with Crippen LogP contribution in [0.3, 0.4) is 0 Å². The minimum atomic E-state index is -1.66. The fourth-order valence-electron chi connectivity index (χ4n) is 2.47. The molecule has 2 rings (SSSR count). The molecule has 1 atom stereocenters. The average Bonchev–Trinajstić information content (AvgIpc) is 2.63. The van der Waals surface area contributed by atoms with Crippen LogP contribution in [0.25, 0.3) is 5.20 Å². The van der Waals surface area contributed by atoms with Gasteiger partial charge in [-0.05, 0) is 30.3 Å². The van der Waals surface area contributed by atoms with Crippen molar-refractivity contribution in [1.82, 2.24) is 0 Å². The summed E-state index contributed by atoms with van der Waals surface area (Å²) in [5.74, 6) is 0. The molecule has 0 unspecified atom stereocenters. The molecule has 1 aliphatic rings. The van der Waals surface area contributed by atoms with E-state index in [-0.39, 0.29) is 0 Å². The summed E-state index contributed by atoms with van der Waals surface area (Å²) in [7, 11) is -1.66. The second-order valence-corrected chi connectivity index (χ2v) is 9.05. The van der Waals surface area contributed by atoms with Crippen molar-refractivity contribution in [2.75, 3.05) is 0 Å². The smallest absolute Gasteiger partial charge is 0.219 e. The number of unbranched alkanes of at least 4 members (excludes halogenated alkanes) is 1. The summed E-state index contributed by atoms with van der Waals surface area (Å²) >= 11 is 0.